The molecule has 0 aromatic heterocycles. The Hall–Kier alpha value is -0.650. The Bertz CT molecular complexity index is 277. The van der Waals surface area contributed by atoms with E-state index in [1.165, 1.54) is 12.8 Å². The van der Waals surface area contributed by atoms with Crippen molar-refractivity contribution in [2.45, 2.75) is 44.2 Å². The second-order valence-corrected chi connectivity index (χ2v) is 5.25. The third-order valence-corrected chi connectivity index (χ3v) is 4.28. The second-order valence-electron chi connectivity index (χ2n) is 5.25. The predicted molar refractivity (Wildman–Crippen MR) is 63.3 cm³/mol. The molecule has 1 aliphatic heterocycles. The van der Waals surface area contributed by atoms with Crippen LogP contribution in [-0.2, 0) is 9.53 Å². The summed E-state index contributed by atoms with van der Waals surface area (Å²) in [5.41, 5.74) is 5.36. The number of nitrogens with two attached hydrogens (primary N) is 1. The molecule has 1 saturated carbocycles. The minimum atomic E-state index is -1.08. The van der Waals surface area contributed by atoms with Gasteiger partial charge in [-0.25, -0.2) is 0 Å². The van der Waals surface area contributed by atoms with E-state index in [4.69, 9.17) is 10.5 Å². The molecule has 2 rings (SSSR count). The third-order valence-electron chi connectivity index (χ3n) is 4.28. The molecule has 17 heavy (non-hydrogen) atoms. The maximum absolute atomic E-state index is 10.8. The van der Waals surface area contributed by atoms with Crippen molar-refractivity contribution in [3.63, 3.8) is 0 Å². The Kier molecular flexibility index (Phi) is 4.01. The Balaban J connectivity index is 1.88. The first-order chi connectivity index (χ1) is 8.14. The first kappa shape index (κ1) is 12.8. The molecular formula is C12H22N2O3. The number of aliphatic hydroxyl groups excluding tert-OH is 1. The van der Waals surface area contributed by atoms with Crippen LogP contribution in [0.15, 0.2) is 0 Å². The summed E-state index contributed by atoms with van der Waals surface area (Å²) in [6.45, 7) is 1.93. The van der Waals surface area contributed by atoms with Crippen molar-refractivity contribution < 1.29 is 14.6 Å². The first-order valence-corrected chi connectivity index (χ1v) is 6.43. The van der Waals surface area contributed by atoms with Crippen LogP contribution in [0, 0.1) is 5.41 Å². The molecule has 2 atom stereocenters. The van der Waals surface area contributed by atoms with Crippen molar-refractivity contribution in [1.29, 1.82) is 0 Å². The summed E-state index contributed by atoms with van der Waals surface area (Å²) in [5, 5.41) is 12.7. The van der Waals surface area contributed by atoms with Gasteiger partial charge in [-0.15, -0.1) is 0 Å². The Morgan fingerprint density at radius 3 is 2.82 bits per heavy atom. The minimum absolute atomic E-state index is 0.266. The van der Waals surface area contributed by atoms with Crippen molar-refractivity contribution >= 4 is 5.91 Å². The molecule has 1 amide bonds. The molecular weight excluding hydrogens is 220 g/mol. The van der Waals surface area contributed by atoms with Crippen LogP contribution in [0.5, 0.6) is 0 Å². The quantitative estimate of drug-likeness (QED) is 0.636. The normalized spacial score (nSPS) is 29.4. The third kappa shape index (κ3) is 2.78. The zero-order valence-electron chi connectivity index (χ0n) is 10.2. The molecule has 4 N–H and O–H groups in total. The molecule has 98 valence electrons. The van der Waals surface area contributed by atoms with Crippen molar-refractivity contribution in [2.75, 3.05) is 19.8 Å². The van der Waals surface area contributed by atoms with E-state index < -0.39 is 12.0 Å². The Labute approximate surface area is 102 Å². The smallest absolute Gasteiger partial charge is 0.247 e. The van der Waals surface area contributed by atoms with E-state index >= 15 is 0 Å². The van der Waals surface area contributed by atoms with Gasteiger partial charge in [0.15, 0.2) is 0 Å². The van der Waals surface area contributed by atoms with Gasteiger partial charge in [-0.3, -0.25) is 4.79 Å². The highest BCUT2D eigenvalue weighted by Gasteiger charge is 2.43. The monoisotopic (exact) mass is 242 g/mol. The lowest BCUT2D eigenvalue weighted by Crippen LogP contribution is -2.48. The SMILES string of the molecule is NC(=O)C(O)CNC1CCCC12CCOCC2. The highest BCUT2D eigenvalue weighted by molar-refractivity contribution is 5.78. The summed E-state index contributed by atoms with van der Waals surface area (Å²) in [4.78, 5) is 10.8. The lowest BCUT2D eigenvalue weighted by atomic mass is 9.75. The van der Waals surface area contributed by atoms with E-state index in [0.29, 0.717) is 11.5 Å². The van der Waals surface area contributed by atoms with Gasteiger partial charge in [-0.2, -0.15) is 0 Å². The zero-order chi connectivity index (χ0) is 12.3. The number of hydrogen-bond donors (Lipinski definition) is 3. The fraction of sp³-hybridized carbons (Fsp3) is 0.917. The lowest BCUT2D eigenvalue weighted by molar-refractivity contribution is -0.126. The fourth-order valence-electron chi connectivity index (χ4n) is 3.19. The molecule has 5 nitrogen and oxygen atoms in total. The number of amides is 1. The van der Waals surface area contributed by atoms with E-state index in [2.05, 4.69) is 5.32 Å². The van der Waals surface area contributed by atoms with Crippen LogP contribution in [0.2, 0.25) is 0 Å². The Morgan fingerprint density at radius 2 is 2.18 bits per heavy atom. The van der Waals surface area contributed by atoms with Crippen LogP contribution < -0.4 is 11.1 Å². The Morgan fingerprint density at radius 1 is 1.47 bits per heavy atom. The summed E-state index contributed by atoms with van der Waals surface area (Å²) >= 11 is 0. The van der Waals surface area contributed by atoms with Crippen molar-refractivity contribution in [3.8, 4) is 0 Å². The van der Waals surface area contributed by atoms with Crippen LogP contribution in [0.3, 0.4) is 0 Å². The molecule has 1 aliphatic carbocycles. The summed E-state index contributed by atoms with van der Waals surface area (Å²) in [6.07, 6.45) is 4.64. The molecule has 1 saturated heterocycles. The van der Waals surface area contributed by atoms with E-state index in [1.54, 1.807) is 0 Å². The van der Waals surface area contributed by atoms with Crippen LogP contribution in [0.1, 0.15) is 32.1 Å². The van der Waals surface area contributed by atoms with Crippen molar-refractivity contribution in [2.24, 2.45) is 11.1 Å². The maximum Gasteiger partial charge on any atom is 0.247 e. The zero-order valence-corrected chi connectivity index (χ0v) is 10.2. The van der Waals surface area contributed by atoms with E-state index in [1.807, 2.05) is 0 Å². The van der Waals surface area contributed by atoms with Crippen LogP contribution >= 0.6 is 0 Å². The number of carbonyl (C=O) groups is 1. The van der Waals surface area contributed by atoms with E-state index in [9.17, 15) is 9.90 Å². The average Bonchev–Trinajstić information content (AvgIpc) is 2.69. The molecule has 0 aromatic rings. The van der Waals surface area contributed by atoms with Crippen molar-refractivity contribution in [1.82, 2.24) is 5.32 Å². The largest absolute Gasteiger partial charge is 0.382 e. The predicted octanol–water partition coefficient (Wildman–Crippen LogP) is -0.229. The van der Waals surface area contributed by atoms with Gasteiger partial charge in [-0.1, -0.05) is 6.42 Å². The second kappa shape index (κ2) is 5.33. The highest BCUT2D eigenvalue weighted by atomic mass is 16.5. The molecule has 5 heteroatoms. The lowest BCUT2D eigenvalue weighted by Gasteiger charge is -2.39. The fourth-order valence-corrected chi connectivity index (χ4v) is 3.19. The topological polar surface area (TPSA) is 84.6 Å². The van der Waals surface area contributed by atoms with Gasteiger partial charge < -0.3 is 20.9 Å². The molecule has 0 radical (unpaired) electrons. The number of carbonyl (C=O) groups excluding carboxylic acids is 1. The van der Waals surface area contributed by atoms with Crippen LogP contribution in [0.25, 0.3) is 0 Å². The van der Waals surface area contributed by atoms with Crippen molar-refractivity contribution in [3.05, 3.63) is 0 Å². The average molecular weight is 242 g/mol. The van der Waals surface area contributed by atoms with Gasteiger partial charge in [0.05, 0.1) is 0 Å². The number of aliphatic hydroxyl groups is 1. The number of ether oxygens (including phenoxy) is 1. The molecule has 1 heterocycles. The van der Waals surface area contributed by atoms with Gasteiger partial charge in [0, 0.05) is 25.8 Å². The highest BCUT2D eigenvalue weighted by Crippen LogP contribution is 2.45. The summed E-state index contributed by atoms with van der Waals surface area (Å²) in [5.74, 6) is -0.656. The van der Waals surface area contributed by atoms with Gasteiger partial charge in [0.2, 0.25) is 5.91 Å². The molecule has 0 aromatic carbocycles. The van der Waals surface area contributed by atoms with Gasteiger partial charge in [-0.05, 0) is 31.1 Å². The molecule has 2 aliphatic rings. The molecule has 2 unspecified atom stereocenters. The summed E-state index contributed by atoms with van der Waals surface area (Å²) in [6, 6.07) is 0.389. The molecule has 1 spiro atoms. The maximum atomic E-state index is 10.8. The number of primary amides is 1. The van der Waals surface area contributed by atoms with Gasteiger partial charge in [0.25, 0.3) is 0 Å². The number of nitrogens with one attached hydrogen (secondary N) is 1. The summed E-state index contributed by atoms with van der Waals surface area (Å²) < 4.78 is 5.42. The number of hydrogen-bond acceptors (Lipinski definition) is 4. The van der Waals surface area contributed by atoms with Gasteiger partial charge in [0.1, 0.15) is 6.10 Å². The first-order valence-electron chi connectivity index (χ1n) is 6.43. The standard InChI is InChI=1S/C12H22N2O3/c13-11(16)9(15)8-14-10-2-1-3-12(10)4-6-17-7-5-12/h9-10,14-15H,1-8H2,(H2,13,16). The van der Waals surface area contributed by atoms with Crippen LogP contribution in [-0.4, -0.2) is 42.9 Å². The minimum Gasteiger partial charge on any atom is -0.382 e. The van der Waals surface area contributed by atoms with E-state index in [-0.39, 0.29) is 6.54 Å². The summed E-state index contributed by atoms with van der Waals surface area (Å²) in [7, 11) is 0. The van der Waals surface area contributed by atoms with E-state index in [0.717, 1.165) is 32.5 Å². The molecule has 2 fully saturated rings. The van der Waals surface area contributed by atoms with Gasteiger partial charge >= 0.3 is 0 Å². The molecule has 0 bridgehead atoms. The van der Waals surface area contributed by atoms with Crippen LogP contribution in [0.4, 0.5) is 0 Å². The number of rotatable bonds is 4.